The average molecular weight is 353 g/mol. The Kier molecular flexibility index (Phi) is 6.88. The van der Waals surface area contributed by atoms with Gasteiger partial charge in [0.25, 0.3) is 0 Å². The van der Waals surface area contributed by atoms with E-state index in [1.807, 2.05) is 36.4 Å². The quantitative estimate of drug-likeness (QED) is 0.716. The lowest BCUT2D eigenvalue weighted by molar-refractivity contribution is 0.112. The maximum atomic E-state index is 10.3. The van der Waals surface area contributed by atoms with Gasteiger partial charge >= 0.3 is 0 Å². The van der Waals surface area contributed by atoms with Gasteiger partial charge in [0.05, 0.1) is 6.10 Å². The Morgan fingerprint density at radius 2 is 1.65 bits per heavy atom. The van der Waals surface area contributed by atoms with Crippen molar-refractivity contribution in [3.05, 3.63) is 69.7 Å². The van der Waals surface area contributed by atoms with Crippen molar-refractivity contribution >= 4 is 23.2 Å². The maximum Gasteiger partial charge on any atom is 0.0844 e. The SMILES string of the molecule is NC(CCc1ccc(Cl)cc1Cl)[C@@H](O)[C@@H](N)Cc1ccccc1. The van der Waals surface area contributed by atoms with E-state index in [-0.39, 0.29) is 0 Å². The van der Waals surface area contributed by atoms with Gasteiger partial charge in [-0.1, -0.05) is 59.6 Å². The molecule has 3 atom stereocenters. The summed E-state index contributed by atoms with van der Waals surface area (Å²) >= 11 is 12.0. The summed E-state index contributed by atoms with van der Waals surface area (Å²) in [4.78, 5) is 0. The second-order valence-corrected chi connectivity index (χ2v) is 6.63. The monoisotopic (exact) mass is 352 g/mol. The summed E-state index contributed by atoms with van der Waals surface area (Å²) in [6, 6.07) is 14.4. The minimum absolute atomic E-state index is 0.395. The summed E-state index contributed by atoms with van der Waals surface area (Å²) in [7, 11) is 0. The number of halogens is 2. The van der Waals surface area contributed by atoms with E-state index in [1.165, 1.54) is 0 Å². The van der Waals surface area contributed by atoms with Crippen LogP contribution < -0.4 is 11.5 Å². The maximum absolute atomic E-state index is 10.3. The van der Waals surface area contributed by atoms with Gasteiger partial charge in [-0.3, -0.25) is 0 Å². The lowest BCUT2D eigenvalue weighted by atomic mass is 9.94. The largest absolute Gasteiger partial charge is 0.390 e. The van der Waals surface area contributed by atoms with Gasteiger partial charge < -0.3 is 16.6 Å². The fourth-order valence-electron chi connectivity index (χ4n) is 2.54. The van der Waals surface area contributed by atoms with Gasteiger partial charge in [0, 0.05) is 22.1 Å². The van der Waals surface area contributed by atoms with E-state index in [0.29, 0.717) is 29.3 Å². The summed E-state index contributed by atoms with van der Waals surface area (Å²) < 4.78 is 0. The number of aliphatic hydroxyl groups is 1. The third kappa shape index (κ3) is 5.48. The molecule has 0 saturated heterocycles. The first-order chi connectivity index (χ1) is 11.0. The fraction of sp³-hybridized carbons (Fsp3) is 0.333. The van der Waals surface area contributed by atoms with Gasteiger partial charge in [-0.15, -0.1) is 0 Å². The molecular weight excluding hydrogens is 331 g/mol. The molecule has 0 amide bonds. The van der Waals surface area contributed by atoms with Crippen molar-refractivity contribution in [2.45, 2.75) is 37.5 Å². The van der Waals surface area contributed by atoms with E-state index in [9.17, 15) is 5.11 Å². The van der Waals surface area contributed by atoms with Crippen molar-refractivity contribution < 1.29 is 5.11 Å². The molecule has 2 aromatic rings. The van der Waals surface area contributed by atoms with Crippen LogP contribution in [-0.2, 0) is 12.8 Å². The van der Waals surface area contributed by atoms with Gasteiger partial charge in [-0.25, -0.2) is 0 Å². The molecule has 5 heteroatoms. The van der Waals surface area contributed by atoms with E-state index < -0.39 is 18.2 Å². The van der Waals surface area contributed by atoms with Gasteiger partial charge in [0.15, 0.2) is 0 Å². The number of aryl methyl sites for hydroxylation is 1. The summed E-state index contributed by atoms with van der Waals surface area (Å²) in [6.45, 7) is 0. The zero-order chi connectivity index (χ0) is 16.8. The second-order valence-electron chi connectivity index (χ2n) is 5.78. The molecule has 23 heavy (non-hydrogen) atoms. The van der Waals surface area contributed by atoms with Crippen LogP contribution in [0.15, 0.2) is 48.5 Å². The average Bonchev–Trinajstić information content (AvgIpc) is 2.54. The van der Waals surface area contributed by atoms with Gasteiger partial charge in [0.1, 0.15) is 0 Å². The highest BCUT2D eigenvalue weighted by Crippen LogP contribution is 2.22. The molecule has 0 aliphatic rings. The normalized spacial score (nSPS) is 15.2. The summed E-state index contributed by atoms with van der Waals surface area (Å²) in [5.74, 6) is 0. The molecule has 0 bridgehead atoms. The minimum Gasteiger partial charge on any atom is -0.390 e. The molecule has 0 saturated carbocycles. The molecule has 0 spiro atoms. The lowest BCUT2D eigenvalue weighted by Gasteiger charge is -2.25. The number of hydrogen-bond acceptors (Lipinski definition) is 3. The smallest absolute Gasteiger partial charge is 0.0844 e. The van der Waals surface area contributed by atoms with Gasteiger partial charge in [0.2, 0.25) is 0 Å². The minimum atomic E-state index is -0.763. The van der Waals surface area contributed by atoms with Crippen LogP contribution >= 0.6 is 23.2 Å². The Morgan fingerprint density at radius 1 is 0.957 bits per heavy atom. The molecule has 0 aromatic heterocycles. The fourth-order valence-corrected chi connectivity index (χ4v) is 3.04. The van der Waals surface area contributed by atoms with Crippen molar-refractivity contribution in [1.29, 1.82) is 0 Å². The highest BCUT2D eigenvalue weighted by molar-refractivity contribution is 6.35. The Hall–Kier alpha value is -1.10. The molecule has 0 aliphatic carbocycles. The number of benzene rings is 2. The first kappa shape index (κ1) is 18.2. The van der Waals surface area contributed by atoms with E-state index in [2.05, 4.69) is 0 Å². The zero-order valence-corrected chi connectivity index (χ0v) is 14.3. The van der Waals surface area contributed by atoms with E-state index in [0.717, 1.165) is 11.1 Å². The highest BCUT2D eigenvalue weighted by atomic mass is 35.5. The van der Waals surface area contributed by atoms with E-state index in [4.69, 9.17) is 34.7 Å². The Balaban J connectivity index is 1.87. The van der Waals surface area contributed by atoms with Crippen molar-refractivity contribution in [3.8, 4) is 0 Å². The van der Waals surface area contributed by atoms with Crippen molar-refractivity contribution in [1.82, 2.24) is 0 Å². The van der Waals surface area contributed by atoms with Crippen LogP contribution in [0, 0.1) is 0 Å². The van der Waals surface area contributed by atoms with Crippen molar-refractivity contribution in [2.24, 2.45) is 11.5 Å². The lowest BCUT2D eigenvalue weighted by Crippen LogP contribution is -2.48. The molecule has 0 fully saturated rings. The summed E-state index contributed by atoms with van der Waals surface area (Å²) in [5.41, 5.74) is 14.3. The van der Waals surface area contributed by atoms with Gasteiger partial charge in [-0.2, -0.15) is 0 Å². The van der Waals surface area contributed by atoms with Crippen molar-refractivity contribution in [2.75, 3.05) is 0 Å². The first-order valence-corrected chi connectivity index (χ1v) is 8.40. The summed E-state index contributed by atoms with van der Waals surface area (Å²) in [6.07, 6.45) is 1.11. The highest BCUT2D eigenvalue weighted by Gasteiger charge is 2.22. The summed E-state index contributed by atoms with van der Waals surface area (Å²) in [5, 5.41) is 11.6. The van der Waals surface area contributed by atoms with Crippen LogP contribution in [0.1, 0.15) is 17.5 Å². The molecule has 3 nitrogen and oxygen atoms in total. The molecule has 2 aromatic carbocycles. The second kappa shape index (κ2) is 8.67. The Labute approximate surface area is 147 Å². The third-order valence-corrected chi connectivity index (χ3v) is 4.54. The predicted octanol–water partition coefficient (Wildman–Crippen LogP) is 3.18. The molecule has 124 valence electrons. The molecule has 2 rings (SSSR count). The van der Waals surface area contributed by atoms with Gasteiger partial charge in [-0.05, 0) is 42.5 Å². The molecular formula is C18H22Cl2N2O. The van der Waals surface area contributed by atoms with Crippen LogP contribution in [0.3, 0.4) is 0 Å². The zero-order valence-electron chi connectivity index (χ0n) is 12.8. The predicted molar refractivity (Wildman–Crippen MR) is 96.9 cm³/mol. The van der Waals surface area contributed by atoms with Crippen LogP contribution in [0.5, 0.6) is 0 Å². The molecule has 0 heterocycles. The first-order valence-electron chi connectivity index (χ1n) is 7.64. The molecule has 0 radical (unpaired) electrons. The topological polar surface area (TPSA) is 72.3 Å². The van der Waals surface area contributed by atoms with E-state index in [1.54, 1.807) is 12.1 Å². The van der Waals surface area contributed by atoms with Crippen LogP contribution in [0.4, 0.5) is 0 Å². The van der Waals surface area contributed by atoms with Crippen molar-refractivity contribution in [3.63, 3.8) is 0 Å². The van der Waals surface area contributed by atoms with Crippen LogP contribution in [0.25, 0.3) is 0 Å². The number of rotatable bonds is 7. The standard InChI is InChI=1S/C18H22Cl2N2O/c19-14-8-6-13(15(20)11-14)7-9-16(21)18(23)17(22)10-12-4-2-1-3-5-12/h1-6,8,11,16-18,23H,7,9-10,21-22H2/t16?,17-,18+/m0/s1. The number of nitrogens with two attached hydrogens (primary N) is 2. The molecule has 1 unspecified atom stereocenters. The van der Waals surface area contributed by atoms with E-state index >= 15 is 0 Å². The Morgan fingerprint density at radius 3 is 2.30 bits per heavy atom. The van der Waals surface area contributed by atoms with Crippen LogP contribution in [-0.4, -0.2) is 23.3 Å². The molecule has 5 N–H and O–H groups in total. The number of hydrogen-bond donors (Lipinski definition) is 3. The number of aliphatic hydroxyl groups excluding tert-OH is 1. The Bertz CT molecular complexity index is 622. The van der Waals surface area contributed by atoms with Crippen LogP contribution in [0.2, 0.25) is 10.0 Å². The molecule has 0 aliphatic heterocycles. The third-order valence-electron chi connectivity index (χ3n) is 3.95.